The van der Waals surface area contributed by atoms with Crippen LogP contribution in [0, 0.1) is 5.82 Å². The molecular weight excluding hydrogens is 291 g/mol. The Bertz CT molecular complexity index is 739. The van der Waals surface area contributed by atoms with Crippen molar-refractivity contribution in [2.45, 2.75) is 0 Å². The summed E-state index contributed by atoms with van der Waals surface area (Å²) in [5.74, 6) is -1.16. The molecule has 2 rings (SSSR count). The largest absolute Gasteiger partial charge is 0.410 e. The Balaban J connectivity index is 2.12. The number of nitrogens with two attached hydrogens (primary N) is 1. The van der Waals surface area contributed by atoms with Crippen LogP contribution in [-0.4, -0.2) is 21.8 Å². The Labute approximate surface area is 125 Å². The number of primary amides is 1. The average Bonchev–Trinajstić information content (AvgIpc) is 2.85. The Kier molecular flexibility index (Phi) is 4.52. The van der Waals surface area contributed by atoms with E-state index in [1.54, 1.807) is 24.1 Å². The first-order valence-electron chi connectivity index (χ1n) is 6.18. The van der Waals surface area contributed by atoms with Crippen LogP contribution in [0.15, 0.2) is 36.7 Å². The lowest BCUT2D eigenvalue weighted by atomic mass is 10.2. The van der Waals surface area contributed by atoms with Gasteiger partial charge in [0.25, 0.3) is 0 Å². The maximum atomic E-state index is 13.2. The molecule has 22 heavy (non-hydrogen) atoms. The molecule has 2 aromatic rings. The fraction of sp³-hybridized carbons (Fsp3) is 0.0714. The lowest BCUT2D eigenvalue weighted by molar-refractivity contribution is -0.111. The number of anilines is 1. The van der Waals surface area contributed by atoms with Gasteiger partial charge in [0.05, 0.1) is 11.9 Å². The number of benzene rings is 1. The molecule has 0 saturated carbocycles. The maximum Gasteiger partial charge on any atom is 0.410 e. The number of hydrogen-bond acceptors (Lipinski definition) is 4. The van der Waals surface area contributed by atoms with Crippen molar-refractivity contribution in [2.24, 2.45) is 12.8 Å². The van der Waals surface area contributed by atoms with Crippen LogP contribution < -0.4 is 15.8 Å². The molecule has 0 fully saturated rings. The van der Waals surface area contributed by atoms with Crippen LogP contribution in [0.1, 0.15) is 5.56 Å². The molecule has 0 aliphatic rings. The monoisotopic (exact) mass is 304 g/mol. The van der Waals surface area contributed by atoms with E-state index in [1.807, 2.05) is 0 Å². The number of nitrogens with one attached hydrogen (secondary N) is 1. The van der Waals surface area contributed by atoms with Crippen molar-refractivity contribution in [3.05, 3.63) is 48.0 Å². The lowest BCUT2D eigenvalue weighted by Crippen LogP contribution is -2.18. The van der Waals surface area contributed by atoms with Gasteiger partial charge in [-0.25, -0.2) is 9.18 Å². The molecule has 0 spiro atoms. The SMILES string of the molecule is Cn1cc(/C=C/C(=O)Nc2cc(F)ccc2OC(N)=O)cn1. The molecule has 1 aromatic heterocycles. The van der Waals surface area contributed by atoms with Crippen LogP contribution >= 0.6 is 0 Å². The lowest BCUT2D eigenvalue weighted by Gasteiger charge is -2.08. The quantitative estimate of drug-likeness (QED) is 0.839. The number of nitrogens with zero attached hydrogens (tertiary/aromatic N) is 2. The highest BCUT2D eigenvalue weighted by Crippen LogP contribution is 2.25. The highest BCUT2D eigenvalue weighted by Gasteiger charge is 2.10. The van der Waals surface area contributed by atoms with Gasteiger partial charge in [-0.2, -0.15) is 5.10 Å². The summed E-state index contributed by atoms with van der Waals surface area (Å²) < 4.78 is 19.5. The molecule has 1 aromatic carbocycles. The van der Waals surface area contributed by atoms with Gasteiger partial charge in [0.1, 0.15) is 5.82 Å². The molecular formula is C14H13FN4O3. The minimum Gasteiger partial charge on any atom is -0.408 e. The number of carbonyl (C=O) groups excluding carboxylic acids is 2. The Hall–Kier alpha value is -3.16. The van der Waals surface area contributed by atoms with Crippen molar-refractivity contribution >= 4 is 23.8 Å². The molecule has 114 valence electrons. The first kappa shape index (κ1) is 15.2. The summed E-state index contributed by atoms with van der Waals surface area (Å²) in [7, 11) is 1.75. The number of hydrogen-bond donors (Lipinski definition) is 2. The summed E-state index contributed by atoms with van der Waals surface area (Å²) in [6.45, 7) is 0. The zero-order chi connectivity index (χ0) is 16.1. The molecule has 0 bridgehead atoms. The van der Waals surface area contributed by atoms with Crippen LogP contribution in [0.3, 0.4) is 0 Å². The average molecular weight is 304 g/mol. The Morgan fingerprint density at radius 3 is 2.86 bits per heavy atom. The van der Waals surface area contributed by atoms with Gasteiger partial charge < -0.3 is 15.8 Å². The highest BCUT2D eigenvalue weighted by atomic mass is 19.1. The van der Waals surface area contributed by atoms with Crippen LogP contribution in [-0.2, 0) is 11.8 Å². The standard InChI is InChI=1S/C14H13FN4O3/c1-19-8-9(7-17-19)2-5-13(20)18-11-6-10(15)3-4-12(11)22-14(16)21/h2-8H,1H3,(H2,16,21)(H,18,20)/b5-2+. The smallest absolute Gasteiger partial charge is 0.408 e. The summed E-state index contributed by atoms with van der Waals surface area (Å²) in [5.41, 5.74) is 5.64. The topological polar surface area (TPSA) is 99.2 Å². The molecule has 2 amide bonds. The van der Waals surface area contributed by atoms with E-state index in [1.165, 1.54) is 18.2 Å². The van der Waals surface area contributed by atoms with Gasteiger partial charge in [-0.1, -0.05) is 0 Å². The number of rotatable bonds is 4. The summed E-state index contributed by atoms with van der Waals surface area (Å²) in [5, 5.41) is 6.36. The van der Waals surface area contributed by atoms with E-state index in [9.17, 15) is 14.0 Å². The van der Waals surface area contributed by atoms with E-state index in [0.717, 1.165) is 17.7 Å². The Morgan fingerprint density at radius 2 is 2.23 bits per heavy atom. The number of halogens is 1. The number of ether oxygens (including phenoxy) is 1. The van der Waals surface area contributed by atoms with E-state index in [-0.39, 0.29) is 11.4 Å². The van der Waals surface area contributed by atoms with E-state index < -0.39 is 17.8 Å². The molecule has 0 unspecified atom stereocenters. The third kappa shape index (κ3) is 4.17. The third-order valence-electron chi connectivity index (χ3n) is 2.56. The first-order valence-corrected chi connectivity index (χ1v) is 6.18. The van der Waals surface area contributed by atoms with E-state index in [0.29, 0.717) is 0 Å². The van der Waals surface area contributed by atoms with E-state index in [2.05, 4.69) is 15.2 Å². The van der Waals surface area contributed by atoms with Crippen molar-refractivity contribution in [2.75, 3.05) is 5.32 Å². The molecule has 7 nitrogen and oxygen atoms in total. The minimum absolute atomic E-state index is 0.000336. The molecule has 0 radical (unpaired) electrons. The minimum atomic E-state index is -1.06. The van der Waals surface area contributed by atoms with Gasteiger partial charge in [0.2, 0.25) is 5.91 Å². The summed E-state index contributed by atoms with van der Waals surface area (Å²) in [6.07, 6.45) is 5.01. The fourth-order valence-electron chi connectivity index (χ4n) is 1.67. The highest BCUT2D eigenvalue weighted by molar-refractivity contribution is 6.02. The van der Waals surface area contributed by atoms with Gasteiger partial charge >= 0.3 is 6.09 Å². The van der Waals surface area contributed by atoms with Crippen LogP contribution in [0.2, 0.25) is 0 Å². The molecule has 1 heterocycles. The van der Waals surface area contributed by atoms with Gasteiger partial charge in [0, 0.05) is 31.0 Å². The molecule has 8 heteroatoms. The zero-order valence-electron chi connectivity index (χ0n) is 11.6. The maximum absolute atomic E-state index is 13.2. The van der Waals surface area contributed by atoms with Crippen LogP contribution in [0.25, 0.3) is 6.08 Å². The van der Waals surface area contributed by atoms with Gasteiger partial charge in [-0.05, 0) is 18.2 Å². The van der Waals surface area contributed by atoms with Gasteiger partial charge in [-0.3, -0.25) is 9.48 Å². The number of carbonyl (C=O) groups is 2. The van der Waals surface area contributed by atoms with E-state index >= 15 is 0 Å². The second kappa shape index (κ2) is 6.53. The molecule has 0 saturated heterocycles. The van der Waals surface area contributed by atoms with Crippen molar-refractivity contribution in [1.82, 2.24) is 9.78 Å². The first-order chi connectivity index (χ1) is 10.4. The van der Waals surface area contributed by atoms with Crippen LogP contribution in [0.5, 0.6) is 5.75 Å². The van der Waals surface area contributed by atoms with Crippen molar-refractivity contribution < 1.29 is 18.7 Å². The molecule has 0 atom stereocenters. The second-order valence-corrected chi connectivity index (χ2v) is 4.33. The van der Waals surface area contributed by atoms with Gasteiger partial charge in [-0.15, -0.1) is 0 Å². The Morgan fingerprint density at radius 1 is 1.45 bits per heavy atom. The molecule has 3 N–H and O–H groups in total. The predicted octanol–water partition coefficient (Wildman–Crippen LogP) is 1.67. The van der Waals surface area contributed by atoms with Crippen molar-refractivity contribution in [3.8, 4) is 5.75 Å². The molecule has 0 aliphatic heterocycles. The van der Waals surface area contributed by atoms with Crippen molar-refractivity contribution in [1.29, 1.82) is 0 Å². The summed E-state index contributed by atoms with van der Waals surface area (Å²) in [4.78, 5) is 22.6. The normalized spacial score (nSPS) is 10.6. The summed E-state index contributed by atoms with van der Waals surface area (Å²) >= 11 is 0. The van der Waals surface area contributed by atoms with Gasteiger partial charge in [0.15, 0.2) is 5.75 Å². The van der Waals surface area contributed by atoms with Crippen molar-refractivity contribution in [3.63, 3.8) is 0 Å². The second-order valence-electron chi connectivity index (χ2n) is 4.33. The predicted molar refractivity (Wildman–Crippen MR) is 77.5 cm³/mol. The number of amides is 2. The number of aromatic nitrogens is 2. The molecule has 0 aliphatic carbocycles. The van der Waals surface area contributed by atoms with Crippen LogP contribution in [0.4, 0.5) is 14.9 Å². The summed E-state index contributed by atoms with van der Waals surface area (Å²) in [6, 6.07) is 3.30. The number of aryl methyl sites for hydroxylation is 1. The van der Waals surface area contributed by atoms with E-state index in [4.69, 9.17) is 5.73 Å². The fourth-order valence-corrected chi connectivity index (χ4v) is 1.67. The zero-order valence-corrected chi connectivity index (χ0v) is 11.6. The third-order valence-corrected chi connectivity index (χ3v) is 2.56.